The SMILES string of the molecule is COc1ccccc1CCNc1ccc(NS(=O)(=O)c2ccc(C)cc2)cc1. The summed E-state index contributed by atoms with van der Waals surface area (Å²) in [5, 5.41) is 3.34. The number of rotatable bonds is 8. The van der Waals surface area contributed by atoms with Crippen molar-refractivity contribution in [3.05, 3.63) is 83.9 Å². The van der Waals surface area contributed by atoms with E-state index >= 15 is 0 Å². The molecule has 0 fully saturated rings. The second-order valence-electron chi connectivity index (χ2n) is 6.48. The minimum absolute atomic E-state index is 0.247. The van der Waals surface area contributed by atoms with Gasteiger partial charge in [-0.3, -0.25) is 4.72 Å². The molecule has 0 aliphatic rings. The molecule has 0 heterocycles. The smallest absolute Gasteiger partial charge is 0.261 e. The van der Waals surface area contributed by atoms with E-state index in [1.807, 2.05) is 43.3 Å². The van der Waals surface area contributed by atoms with Crippen LogP contribution in [0.4, 0.5) is 11.4 Å². The van der Waals surface area contributed by atoms with Gasteiger partial charge < -0.3 is 10.1 Å². The molecule has 0 amide bonds. The first-order valence-corrected chi connectivity index (χ1v) is 10.5. The number of aryl methyl sites for hydroxylation is 1. The lowest BCUT2D eigenvalue weighted by atomic mass is 10.1. The van der Waals surface area contributed by atoms with Gasteiger partial charge in [-0.05, 0) is 61.4 Å². The fourth-order valence-electron chi connectivity index (χ4n) is 2.84. The minimum atomic E-state index is -3.59. The first kappa shape index (κ1) is 19.8. The summed E-state index contributed by atoms with van der Waals surface area (Å²) in [5.41, 5.74) is 3.60. The molecule has 3 rings (SSSR count). The molecule has 0 aliphatic heterocycles. The predicted molar refractivity (Wildman–Crippen MR) is 114 cm³/mol. The molecule has 0 aromatic heterocycles. The van der Waals surface area contributed by atoms with Crippen LogP contribution in [0.15, 0.2) is 77.7 Å². The Balaban J connectivity index is 1.58. The van der Waals surface area contributed by atoms with Gasteiger partial charge in [0, 0.05) is 17.9 Å². The summed E-state index contributed by atoms with van der Waals surface area (Å²) in [6.45, 7) is 2.66. The van der Waals surface area contributed by atoms with Crippen molar-refractivity contribution in [3.8, 4) is 5.75 Å². The zero-order valence-corrected chi connectivity index (χ0v) is 16.8. The van der Waals surface area contributed by atoms with E-state index in [0.717, 1.165) is 35.5 Å². The molecular formula is C22H24N2O3S. The van der Waals surface area contributed by atoms with Gasteiger partial charge in [0.05, 0.1) is 12.0 Å². The molecule has 0 saturated heterocycles. The molecule has 5 nitrogen and oxygen atoms in total. The summed E-state index contributed by atoms with van der Waals surface area (Å²) in [6, 6.07) is 21.9. The number of nitrogens with one attached hydrogen (secondary N) is 2. The second kappa shape index (κ2) is 8.80. The third kappa shape index (κ3) is 5.04. The van der Waals surface area contributed by atoms with Crippen LogP contribution < -0.4 is 14.8 Å². The van der Waals surface area contributed by atoms with Crippen LogP contribution in [0.5, 0.6) is 5.75 Å². The van der Waals surface area contributed by atoms with Crippen molar-refractivity contribution in [1.29, 1.82) is 0 Å². The van der Waals surface area contributed by atoms with Gasteiger partial charge in [0.2, 0.25) is 0 Å². The summed E-state index contributed by atoms with van der Waals surface area (Å²) in [4.78, 5) is 0.247. The third-order valence-corrected chi connectivity index (χ3v) is 5.78. The van der Waals surface area contributed by atoms with Crippen LogP contribution in [0, 0.1) is 6.92 Å². The van der Waals surface area contributed by atoms with E-state index in [1.54, 1.807) is 43.5 Å². The van der Waals surface area contributed by atoms with Gasteiger partial charge in [-0.1, -0.05) is 35.9 Å². The highest BCUT2D eigenvalue weighted by atomic mass is 32.2. The summed E-state index contributed by atoms with van der Waals surface area (Å²) in [6.07, 6.45) is 0.825. The number of benzene rings is 3. The van der Waals surface area contributed by atoms with Crippen molar-refractivity contribution in [2.45, 2.75) is 18.2 Å². The Bertz CT molecular complexity index is 1010. The standard InChI is InChI=1S/C22H24N2O3S/c1-17-7-13-21(14-8-17)28(25,26)24-20-11-9-19(10-12-20)23-16-15-18-5-3-4-6-22(18)27-2/h3-14,23-24H,15-16H2,1-2H3. The van der Waals surface area contributed by atoms with E-state index in [9.17, 15) is 8.42 Å². The summed E-state index contributed by atoms with van der Waals surface area (Å²) in [5.74, 6) is 0.880. The Hall–Kier alpha value is -2.99. The molecule has 3 aromatic rings. The Kier molecular flexibility index (Phi) is 6.21. The van der Waals surface area contributed by atoms with Gasteiger partial charge in [-0.2, -0.15) is 0 Å². The topological polar surface area (TPSA) is 67.4 Å². The van der Waals surface area contributed by atoms with Crippen molar-refractivity contribution in [3.63, 3.8) is 0 Å². The first-order valence-electron chi connectivity index (χ1n) is 9.03. The molecule has 0 saturated carbocycles. The monoisotopic (exact) mass is 396 g/mol. The fourth-order valence-corrected chi connectivity index (χ4v) is 3.90. The lowest BCUT2D eigenvalue weighted by molar-refractivity contribution is 0.410. The molecule has 6 heteroatoms. The van der Waals surface area contributed by atoms with Crippen LogP contribution in [0.2, 0.25) is 0 Å². The highest BCUT2D eigenvalue weighted by Crippen LogP contribution is 2.20. The van der Waals surface area contributed by atoms with Gasteiger partial charge >= 0.3 is 0 Å². The van der Waals surface area contributed by atoms with Crippen LogP contribution in [0.1, 0.15) is 11.1 Å². The summed E-state index contributed by atoms with van der Waals surface area (Å²) >= 11 is 0. The molecule has 0 unspecified atom stereocenters. The molecule has 3 aromatic carbocycles. The molecular weight excluding hydrogens is 372 g/mol. The summed E-state index contributed by atoms with van der Waals surface area (Å²) in [7, 11) is -1.92. The van der Waals surface area contributed by atoms with Crippen LogP contribution >= 0.6 is 0 Å². The Morgan fingerprint density at radius 3 is 2.18 bits per heavy atom. The molecule has 0 spiro atoms. The molecule has 0 atom stereocenters. The van der Waals surface area contributed by atoms with Gasteiger partial charge in [0.1, 0.15) is 5.75 Å². The lowest BCUT2D eigenvalue weighted by Crippen LogP contribution is -2.13. The largest absolute Gasteiger partial charge is 0.496 e. The van der Waals surface area contributed by atoms with E-state index in [-0.39, 0.29) is 4.90 Å². The van der Waals surface area contributed by atoms with Crippen LogP contribution in [0.3, 0.4) is 0 Å². The molecule has 0 radical (unpaired) electrons. The van der Waals surface area contributed by atoms with E-state index in [1.165, 1.54) is 0 Å². The fraction of sp³-hybridized carbons (Fsp3) is 0.182. The molecule has 0 bridgehead atoms. The van der Waals surface area contributed by atoms with Crippen LogP contribution in [-0.2, 0) is 16.4 Å². The zero-order chi connectivity index (χ0) is 20.0. The second-order valence-corrected chi connectivity index (χ2v) is 8.17. The number of para-hydroxylation sites is 1. The normalized spacial score (nSPS) is 11.1. The Labute approximate surface area is 166 Å². The number of methoxy groups -OCH3 is 1. The van der Waals surface area contributed by atoms with Gasteiger partial charge in [0.25, 0.3) is 10.0 Å². The van der Waals surface area contributed by atoms with Gasteiger partial charge in [-0.15, -0.1) is 0 Å². The maximum absolute atomic E-state index is 12.4. The molecule has 2 N–H and O–H groups in total. The van der Waals surface area contributed by atoms with Crippen molar-refractivity contribution < 1.29 is 13.2 Å². The van der Waals surface area contributed by atoms with Crippen LogP contribution in [-0.4, -0.2) is 22.1 Å². The lowest BCUT2D eigenvalue weighted by Gasteiger charge is -2.11. The maximum Gasteiger partial charge on any atom is 0.261 e. The predicted octanol–water partition coefficient (Wildman–Crippen LogP) is 4.46. The number of ether oxygens (including phenoxy) is 1. The summed E-state index contributed by atoms with van der Waals surface area (Å²) < 4.78 is 32.9. The number of anilines is 2. The first-order chi connectivity index (χ1) is 13.5. The minimum Gasteiger partial charge on any atom is -0.496 e. The quantitative estimate of drug-likeness (QED) is 0.590. The van der Waals surface area contributed by atoms with Crippen molar-refractivity contribution >= 4 is 21.4 Å². The Morgan fingerprint density at radius 2 is 1.50 bits per heavy atom. The third-order valence-electron chi connectivity index (χ3n) is 4.38. The van der Waals surface area contributed by atoms with Crippen molar-refractivity contribution in [2.24, 2.45) is 0 Å². The van der Waals surface area contributed by atoms with E-state index in [0.29, 0.717) is 5.69 Å². The highest BCUT2D eigenvalue weighted by Gasteiger charge is 2.13. The van der Waals surface area contributed by atoms with E-state index in [2.05, 4.69) is 10.0 Å². The zero-order valence-electron chi connectivity index (χ0n) is 16.0. The molecule has 0 aliphatic carbocycles. The Morgan fingerprint density at radius 1 is 0.857 bits per heavy atom. The van der Waals surface area contributed by atoms with Crippen molar-refractivity contribution in [2.75, 3.05) is 23.7 Å². The van der Waals surface area contributed by atoms with Crippen LogP contribution in [0.25, 0.3) is 0 Å². The maximum atomic E-state index is 12.4. The van der Waals surface area contributed by atoms with E-state index < -0.39 is 10.0 Å². The molecule has 146 valence electrons. The van der Waals surface area contributed by atoms with E-state index in [4.69, 9.17) is 4.74 Å². The van der Waals surface area contributed by atoms with Crippen molar-refractivity contribution in [1.82, 2.24) is 0 Å². The average molecular weight is 397 g/mol. The van der Waals surface area contributed by atoms with Gasteiger partial charge in [-0.25, -0.2) is 8.42 Å². The molecule has 28 heavy (non-hydrogen) atoms. The average Bonchev–Trinajstić information content (AvgIpc) is 2.70. The number of hydrogen-bond donors (Lipinski definition) is 2. The highest BCUT2D eigenvalue weighted by molar-refractivity contribution is 7.92. The number of hydrogen-bond acceptors (Lipinski definition) is 4. The number of sulfonamides is 1. The van der Waals surface area contributed by atoms with Gasteiger partial charge in [0.15, 0.2) is 0 Å².